The zero-order valence-corrected chi connectivity index (χ0v) is 17.2. The summed E-state index contributed by atoms with van der Waals surface area (Å²) in [6.45, 7) is 2.55. The van der Waals surface area contributed by atoms with E-state index in [1.165, 1.54) is 11.8 Å². The van der Waals surface area contributed by atoms with Crippen molar-refractivity contribution in [2.45, 2.75) is 31.2 Å². The van der Waals surface area contributed by atoms with Gasteiger partial charge >= 0.3 is 0 Å². The van der Waals surface area contributed by atoms with Crippen molar-refractivity contribution in [3.05, 3.63) is 71.3 Å². The highest BCUT2D eigenvalue weighted by atomic mass is 32.2. The highest BCUT2D eigenvalue weighted by Gasteiger charge is 2.48. The maximum absolute atomic E-state index is 12.6. The minimum atomic E-state index is -3.04. The molecule has 2 saturated heterocycles. The molecule has 5 nitrogen and oxygen atoms in total. The number of fused-ring (bicyclic) bond motifs is 1. The van der Waals surface area contributed by atoms with Gasteiger partial charge in [-0.05, 0) is 18.1 Å². The van der Waals surface area contributed by atoms with E-state index in [2.05, 4.69) is 4.99 Å². The average Bonchev–Trinajstić information content (AvgIpc) is 3.08. The number of carbonyl (C=O) groups is 1. The molecule has 7 heteroatoms. The highest BCUT2D eigenvalue weighted by molar-refractivity contribution is 8.15. The summed E-state index contributed by atoms with van der Waals surface area (Å²) in [5.41, 5.74) is 3.13. The number of aryl methyl sites for hydroxylation is 1. The van der Waals surface area contributed by atoms with E-state index in [9.17, 15) is 13.2 Å². The normalized spacial score (nSPS) is 24.5. The van der Waals surface area contributed by atoms with E-state index >= 15 is 0 Å². The summed E-state index contributed by atoms with van der Waals surface area (Å²) in [5, 5.41) is 0.589. The SMILES string of the molecule is Cc1cccc(CC(=O)N=C2S[C@@H]3CS(=O)(=O)C[C@@H]3N2Cc2ccccc2)c1. The molecule has 0 aliphatic carbocycles. The molecule has 2 aliphatic heterocycles. The summed E-state index contributed by atoms with van der Waals surface area (Å²) < 4.78 is 24.2. The number of nitrogens with zero attached hydrogens (tertiary/aromatic N) is 2. The van der Waals surface area contributed by atoms with Crippen molar-refractivity contribution in [3.63, 3.8) is 0 Å². The van der Waals surface area contributed by atoms with Crippen molar-refractivity contribution < 1.29 is 13.2 Å². The standard InChI is InChI=1S/C21H22N2O3S2/c1-15-6-5-9-17(10-15)11-20(24)22-21-23(12-16-7-3-2-4-8-16)18-13-28(25,26)14-19(18)27-21/h2-10,18-19H,11-14H2,1H3/t18-,19+/m0/s1. The average molecular weight is 415 g/mol. The van der Waals surface area contributed by atoms with Gasteiger partial charge in [-0.15, -0.1) is 0 Å². The summed E-state index contributed by atoms with van der Waals surface area (Å²) >= 11 is 1.43. The Hall–Kier alpha value is -2.12. The van der Waals surface area contributed by atoms with Crippen LogP contribution in [0.25, 0.3) is 0 Å². The van der Waals surface area contributed by atoms with Crippen LogP contribution in [0, 0.1) is 6.92 Å². The minimum absolute atomic E-state index is 0.0563. The van der Waals surface area contributed by atoms with Crippen molar-refractivity contribution in [2.24, 2.45) is 4.99 Å². The molecule has 0 saturated carbocycles. The molecule has 1 amide bonds. The molecule has 0 bridgehead atoms. The van der Waals surface area contributed by atoms with Crippen LogP contribution >= 0.6 is 11.8 Å². The first kappa shape index (κ1) is 19.2. The van der Waals surface area contributed by atoms with E-state index in [0.29, 0.717) is 11.7 Å². The molecule has 28 heavy (non-hydrogen) atoms. The molecule has 2 fully saturated rings. The summed E-state index contributed by atoms with van der Waals surface area (Å²) in [4.78, 5) is 19.0. The first-order chi connectivity index (χ1) is 13.4. The number of sulfone groups is 1. The molecule has 2 aliphatic rings. The van der Waals surface area contributed by atoms with Gasteiger partial charge in [0.05, 0.1) is 24.0 Å². The van der Waals surface area contributed by atoms with E-state index < -0.39 is 9.84 Å². The lowest BCUT2D eigenvalue weighted by Crippen LogP contribution is -2.37. The third kappa shape index (κ3) is 4.31. The number of rotatable bonds is 4. The predicted octanol–water partition coefficient (Wildman–Crippen LogP) is 2.83. The Balaban J connectivity index is 1.57. The smallest absolute Gasteiger partial charge is 0.252 e. The van der Waals surface area contributed by atoms with E-state index in [0.717, 1.165) is 16.7 Å². The number of amidine groups is 1. The lowest BCUT2D eigenvalue weighted by Gasteiger charge is -2.24. The second-order valence-electron chi connectivity index (χ2n) is 7.37. The van der Waals surface area contributed by atoms with Crippen LogP contribution in [0.4, 0.5) is 0 Å². The monoisotopic (exact) mass is 414 g/mol. The molecule has 2 aromatic carbocycles. The van der Waals surface area contributed by atoms with Gasteiger partial charge in [-0.25, -0.2) is 8.42 Å². The van der Waals surface area contributed by atoms with Gasteiger partial charge in [-0.1, -0.05) is 71.9 Å². The lowest BCUT2D eigenvalue weighted by atomic mass is 10.1. The number of hydrogen-bond acceptors (Lipinski definition) is 4. The summed E-state index contributed by atoms with van der Waals surface area (Å²) in [7, 11) is -3.04. The van der Waals surface area contributed by atoms with E-state index in [4.69, 9.17) is 0 Å². The van der Waals surface area contributed by atoms with Crippen LogP contribution in [0.1, 0.15) is 16.7 Å². The third-order valence-electron chi connectivity index (χ3n) is 5.03. The Kier molecular flexibility index (Phi) is 5.29. The lowest BCUT2D eigenvalue weighted by molar-refractivity contribution is -0.117. The molecule has 0 spiro atoms. The molecular weight excluding hydrogens is 392 g/mol. The quantitative estimate of drug-likeness (QED) is 0.770. The molecule has 0 unspecified atom stereocenters. The van der Waals surface area contributed by atoms with Crippen molar-refractivity contribution >= 4 is 32.7 Å². The number of amides is 1. The van der Waals surface area contributed by atoms with Gasteiger partial charge in [0.1, 0.15) is 0 Å². The number of carbonyl (C=O) groups excluding carboxylic acids is 1. The van der Waals surface area contributed by atoms with Crippen molar-refractivity contribution in [1.29, 1.82) is 0 Å². The van der Waals surface area contributed by atoms with E-state index in [1.54, 1.807) is 0 Å². The van der Waals surface area contributed by atoms with Gasteiger partial charge in [-0.3, -0.25) is 4.79 Å². The van der Waals surface area contributed by atoms with Gasteiger partial charge in [0.2, 0.25) is 0 Å². The Morgan fingerprint density at radius 3 is 2.61 bits per heavy atom. The summed E-state index contributed by atoms with van der Waals surface area (Å²) in [6.07, 6.45) is 0.249. The second-order valence-corrected chi connectivity index (χ2v) is 10.7. The Morgan fingerprint density at radius 2 is 1.86 bits per heavy atom. The van der Waals surface area contributed by atoms with Crippen LogP contribution in [-0.4, -0.2) is 47.2 Å². The zero-order chi connectivity index (χ0) is 19.7. The predicted molar refractivity (Wildman–Crippen MR) is 113 cm³/mol. The fourth-order valence-corrected chi connectivity index (χ4v) is 7.71. The number of benzene rings is 2. The Morgan fingerprint density at radius 1 is 1.11 bits per heavy atom. The van der Waals surface area contributed by atoms with Crippen LogP contribution in [0.15, 0.2) is 59.6 Å². The van der Waals surface area contributed by atoms with E-state index in [1.807, 2.05) is 66.4 Å². The topological polar surface area (TPSA) is 66.8 Å². The molecule has 146 valence electrons. The zero-order valence-electron chi connectivity index (χ0n) is 15.6. The Bertz CT molecular complexity index is 1020. The van der Waals surface area contributed by atoms with Crippen molar-refractivity contribution in [3.8, 4) is 0 Å². The first-order valence-corrected chi connectivity index (χ1v) is 11.9. The Labute approximate surface area is 169 Å². The van der Waals surface area contributed by atoms with Crippen molar-refractivity contribution in [1.82, 2.24) is 4.90 Å². The van der Waals surface area contributed by atoms with Gasteiger partial charge in [0.25, 0.3) is 5.91 Å². The summed E-state index contributed by atoms with van der Waals surface area (Å²) in [6, 6.07) is 17.6. The molecule has 0 N–H and O–H groups in total. The molecular formula is C21H22N2O3S2. The van der Waals surface area contributed by atoms with Gasteiger partial charge in [-0.2, -0.15) is 4.99 Å². The number of hydrogen-bond donors (Lipinski definition) is 0. The number of thioether (sulfide) groups is 1. The fraction of sp³-hybridized carbons (Fsp3) is 0.333. The minimum Gasteiger partial charge on any atom is -0.342 e. The molecule has 0 radical (unpaired) electrons. The molecule has 2 aromatic rings. The third-order valence-corrected chi connectivity index (χ3v) is 8.28. The maximum Gasteiger partial charge on any atom is 0.252 e. The second kappa shape index (κ2) is 7.72. The summed E-state index contributed by atoms with van der Waals surface area (Å²) in [5.74, 6) is 0.0791. The van der Waals surface area contributed by atoms with Crippen LogP contribution in [-0.2, 0) is 27.6 Å². The molecule has 2 heterocycles. The number of aliphatic imine (C=N–C) groups is 1. The van der Waals surface area contributed by atoms with Crippen LogP contribution in [0.5, 0.6) is 0 Å². The van der Waals surface area contributed by atoms with E-state index in [-0.39, 0.29) is 35.1 Å². The molecule has 4 rings (SSSR count). The van der Waals surface area contributed by atoms with Crippen LogP contribution in [0.2, 0.25) is 0 Å². The van der Waals surface area contributed by atoms with Gasteiger partial charge in [0, 0.05) is 11.8 Å². The van der Waals surface area contributed by atoms with Crippen LogP contribution in [0.3, 0.4) is 0 Å². The fourth-order valence-electron chi connectivity index (χ4n) is 3.74. The molecule has 2 atom stereocenters. The van der Waals surface area contributed by atoms with Crippen LogP contribution < -0.4 is 0 Å². The van der Waals surface area contributed by atoms with Crippen molar-refractivity contribution in [2.75, 3.05) is 11.5 Å². The van der Waals surface area contributed by atoms with Gasteiger partial charge in [0.15, 0.2) is 15.0 Å². The first-order valence-electron chi connectivity index (χ1n) is 9.24. The largest absolute Gasteiger partial charge is 0.342 e. The van der Waals surface area contributed by atoms with Gasteiger partial charge < -0.3 is 4.90 Å². The molecule has 0 aromatic heterocycles. The maximum atomic E-state index is 12.6. The highest BCUT2D eigenvalue weighted by Crippen LogP contribution is 2.39.